The van der Waals surface area contributed by atoms with E-state index in [-0.39, 0.29) is 0 Å². The molecule has 0 saturated carbocycles. The van der Waals surface area contributed by atoms with Crippen molar-refractivity contribution in [2.24, 2.45) is 0 Å². The summed E-state index contributed by atoms with van der Waals surface area (Å²) >= 11 is 0. The van der Waals surface area contributed by atoms with E-state index in [0.717, 1.165) is 17.9 Å². The predicted octanol–water partition coefficient (Wildman–Crippen LogP) is 3.10. The lowest BCUT2D eigenvalue weighted by atomic mass is 10.0. The van der Waals surface area contributed by atoms with E-state index >= 15 is 0 Å². The number of H-pyrrole nitrogens is 1. The highest BCUT2D eigenvalue weighted by atomic mass is 16.3. The number of fused-ring (bicyclic) bond motifs is 1. The average Bonchev–Trinajstić information content (AvgIpc) is 2.83. The summed E-state index contributed by atoms with van der Waals surface area (Å²) in [7, 11) is 0. The Labute approximate surface area is 87.8 Å². The second-order valence-corrected chi connectivity index (χ2v) is 3.85. The van der Waals surface area contributed by atoms with Gasteiger partial charge >= 0.3 is 0 Å². The fraction of sp³-hybridized carbons (Fsp3) is 0.167. The van der Waals surface area contributed by atoms with Crippen molar-refractivity contribution >= 4 is 11.9 Å². The summed E-state index contributed by atoms with van der Waals surface area (Å²) in [5.41, 5.74) is 4.86. The minimum Gasteiger partial charge on any atom is -0.472 e. The molecule has 0 bridgehead atoms. The summed E-state index contributed by atoms with van der Waals surface area (Å²) < 4.78 is 5.10. The Bertz CT molecular complexity index is 506. The van der Waals surface area contributed by atoms with Crippen molar-refractivity contribution in [2.45, 2.75) is 6.92 Å². The number of hydrogen-bond acceptors (Lipinski definition) is 2. The fourth-order valence-electron chi connectivity index (χ4n) is 1.91. The van der Waals surface area contributed by atoms with Crippen molar-refractivity contribution in [1.82, 2.24) is 4.98 Å². The first-order valence-electron chi connectivity index (χ1n) is 4.99. The van der Waals surface area contributed by atoms with Gasteiger partial charge in [0.05, 0.1) is 12.5 Å². The van der Waals surface area contributed by atoms with Gasteiger partial charge in [-0.25, -0.2) is 0 Å². The third-order valence-electron chi connectivity index (χ3n) is 2.69. The minimum absolute atomic E-state index is 0.915. The lowest BCUT2D eigenvalue weighted by Crippen LogP contribution is -2.08. The summed E-state index contributed by atoms with van der Waals surface area (Å²) in [5, 5.41) is 3.34. The van der Waals surface area contributed by atoms with Crippen molar-refractivity contribution in [2.75, 3.05) is 11.9 Å². The van der Waals surface area contributed by atoms with Gasteiger partial charge in [0.15, 0.2) is 0 Å². The molecule has 3 heteroatoms. The Morgan fingerprint density at radius 1 is 1.40 bits per heavy atom. The van der Waals surface area contributed by atoms with Gasteiger partial charge in [0.25, 0.3) is 0 Å². The molecule has 2 aromatic heterocycles. The Morgan fingerprint density at radius 3 is 3.13 bits per heavy atom. The molecule has 0 aliphatic carbocycles. The first kappa shape index (κ1) is 8.41. The zero-order chi connectivity index (χ0) is 10.3. The SMILES string of the molecule is CC1=Cc2c(-c3ccoc3)c[nH]c2NC1. The molecule has 0 saturated heterocycles. The van der Waals surface area contributed by atoms with Crippen LogP contribution in [-0.4, -0.2) is 11.5 Å². The quantitative estimate of drug-likeness (QED) is 0.742. The van der Waals surface area contributed by atoms with Crippen LogP contribution in [0.2, 0.25) is 0 Å². The van der Waals surface area contributed by atoms with Crippen molar-refractivity contribution in [3.63, 3.8) is 0 Å². The Kier molecular flexibility index (Phi) is 1.71. The molecule has 0 radical (unpaired) electrons. The maximum absolute atomic E-state index is 5.10. The molecule has 1 aliphatic rings. The molecule has 0 aromatic carbocycles. The molecule has 0 amide bonds. The monoisotopic (exact) mass is 200 g/mol. The standard InChI is InChI=1S/C12H12N2O/c1-8-4-10-11(9-2-3-15-7-9)6-14-12(10)13-5-8/h2-4,6-7,13-14H,5H2,1H3. The molecule has 2 aromatic rings. The maximum Gasteiger partial charge on any atom is 0.111 e. The second kappa shape index (κ2) is 3.05. The number of aromatic nitrogens is 1. The van der Waals surface area contributed by atoms with E-state index < -0.39 is 0 Å². The van der Waals surface area contributed by atoms with Gasteiger partial charge in [0, 0.05) is 29.4 Å². The van der Waals surface area contributed by atoms with Crippen LogP contribution in [0.15, 0.2) is 34.8 Å². The smallest absolute Gasteiger partial charge is 0.111 e. The van der Waals surface area contributed by atoms with Crippen LogP contribution in [0.1, 0.15) is 12.5 Å². The molecule has 0 unspecified atom stereocenters. The van der Waals surface area contributed by atoms with Crippen LogP contribution in [0.25, 0.3) is 17.2 Å². The normalized spacial score (nSPS) is 14.3. The highest BCUT2D eigenvalue weighted by molar-refractivity contribution is 5.84. The second-order valence-electron chi connectivity index (χ2n) is 3.85. The average molecular weight is 200 g/mol. The third kappa shape index (κ3) is 1.28. The van der Waals surface area contributed by atoms with Crippen LogP contribution in [0.3, 0.4) is 0 Å². The lowest BCUT2D eigenvalue weighted by molar-refractivity contribution is 0.568. The van der Waals surface area contributed by atoms with Crippen LogP contribution in [0.5, 0.6) is 0 Å². The van der Waals surface area contributed by atoms with E-state index in [9.17, 15) is 0 Å². The van der Waals surface area contributed by atoms with Crippen LogP contribution >= 0.6 is 0 Å². The predicted molar refractivity (Wildman–Crippen MR) is 60.6 cm³/mol. The largest absolute Gasteiger partial charge is 0.472 e. The Morgan fingerprint density at radius 2 is 2.33 bits per heavy atom. The number of nitrogens with one attached hydrogen (secondary N) is 2. The molecular formula is C12H12N2O. The highest BCUT2D eigenvalue weighted by Gasteiger charge is 2.14. The van der Waals surface area contributed by atoms with E-state index in [4.69, 9.17) is 4.42 Å². The third-order valence-corrected chi connectivity index (χ3v) is 2.69. The zero-order valence-corrected chi connectivity index (χ0v) is 8.50. The summed E-state index contributed by atoms with van der Waals surface area (Å²) in [6.07, 6.45) is 7.69. The number of anilines is 1. The minimum atomic E-state index is 0.915. The van der Waals surface area contributed by atoms with E-state index in [1.54, 1.807) is 12.5 Å². The van der Waals surface area contributed by atoms with Gasteiger partial charge in [0.2, 0.25) is 0 Å². The Hall–Kier alpha value is -1.90. The summed E-state index contributed by atoms with van der Waals surface area (Å²) in [6.45, 7) is 3.04. The van der Waals surface area contributed by atoms with E-state index in [1.807, 2.05) is 12.3 Å². The number of aromatic amines is 1. The van der Waals surface area contributed by atoms with Crippen LogP contribution in [0.4, 0.5) is 5.82 Å². The lowest BCUT2D eigenvalue weighted by Gasteiger charge is -2.13. The molecule has 0 fully saturated rings. The fourth-order valence-corrected chi connectivity index (χ4v) is 1.91. The summed E-state index contributed by atoms with van der Waals surface area (Å²) in [5.74, 6) is 1.09. The van der Waals surface area contributed by atoms with Gasteiger partial charge in [-0.2, -0.15) is 0 Å². The summed E-state index contributed by atoms with van der Waals surface area (Å²) in [4.78, 5) is 3.24. The van der Waals surface area contributed by atoms with Crippen molar-refractivity contribution < 1.29 is 4.42 Å². The van der Waals surface area contributed by atoms with Gasteiger partial charge in [0.1, 0.15) is 5.82 Å². The van der Waals surface area contributed by atoms with Crippen LogP contribution < -0.4 is 5.32 Å². The molecule has 76 valence electrons. The van der Waals surface area contributed by atoms with E-state index in [0.29, 0.717) is 0 Å². The van der Waals surface area contributed by atoms with Crippen molar-refractivity contribution in [3.8, 4) is 11.1 Å². The first-order chi connectivity index (χ1) is 7.34. The molecule has 0 atom stereocenters. The van der Waals surface area contributed by atoms with Crippen molar-refractivity contribution in [1.29, 1.82) is 0 Å². The van der Waals surface area contributed by atoms with Gasteiger partial charge in [-0.05, 0) is 19.1 Å². The van der Waals surface area contributed by atoms with Gasteiger partial charge in [-0.1, -0.05) is 5.57 Å². The first-order valence-corrected chi connectivity index (χ1v) is 4.99. The number of rotatable bonds is 1. The Balaban J connectivity index is 2.16. The van der Waals surface area contributed by atoms with Gasteiger partial charge in [-0.15, -0.1) is 0 Å². The molecular weight excluding hydrogens is 188 g/mol. The maximum atomic E-state index is 5.10. The molecule has 1 aliphatic heterocycles. The highest BCUT2D eigenvalue weighted by Crippen LogP contribution is 2.33. The van der Waals surface area contributed by atoms with Gasteiger partial charge in [-0.3, -0.25) is 0 Å². The topological polar surface area (TPSA) is 41.0 Å². The molecule has 3 rings (SSSR count). The van der Waals surface area contributed by atoms with Crippen LogP contribution in [0, 0.1) is 0 Å². The van der Waals surface area contributed by atoms with E-state index in [1.165, 1.54) is 16.7 Å². The molecule has 0 spiro atoms. The van der Waals surface area contributed by atoms with Crippen LogP contribution in [-0.2, 0) is 0 Å². The van der Waals surface area contributed by atoms with E-state index in [2.05, 4.69) is 23.3 Å². The number of hydrogen-bond donors (Lipinski definition) is 2. The molecule has 15 heavy (non-hydrogen) atoms. The zero-order valence-electron chi connectivity index (χ0n) is 8.50. The molecule has 3 nitrogen and oxygen atoms in total. The van der Waals surface area contributed by atoms with Crippen molar-refractivity contribution in [3.05, 3.63) is 35.9 Å². The van der Waals surface area contributed by atoms with Gasteiger partial charge < -0.3 is 14.7 Å². The summed E-state index contributed by atoms with van der Waals surface area (Å²) in [6, 6.07) is 1.97. The molecule has 3 heterocycles. The number of furan rings is 1. The molecule has 2 N–H and O–H groups in total.